The van der Waals surface area contributed by atoms with Gasteiger partial charge in [0, 0.05) is 23.0 Å². The fraction of sp³-hybridized carbons (Fsp3) is 0.364. The van der Waals surface area contributed by atoms with Gasteiger partial charge >= 0.3 is 6.18 Å². The van der Waals surface area contributed by atoms with Gasteiger partial charge in [-0.2, -0.15) is 13.2 Å². The highest BCUT2D eigenvalue weighted by Crippen LogP contribution is 2.36. The summed E-state index contributed by atoms with van der Waals surface area (Å²) in [5.74, 6) is -0.564. The Morgan fingerprint density at radius 2 is 1.67 bits per heavy atom. The summed E-state index contributed by atoms with van der Waals surface area (Å²) in [5, 5.41) is 5.13. The summed E-state index contributed by atoms with van der Waals surface area (Å²) in [7, 11) is 0. The molecule has 1 aliphatic carbocycles. The maximum absolute atomic E-state index is 13.2. The molecule has 1 fully saturated rings. The summed E-state index contributed by atoms with van der Waals surface area (Å²) >= 11 is 5.65. The molecule has 1 saturated carbocycles. The predicted molar refractivity (Wildman–Crippen MR) is 109 cm³/mol. The molecule has 2 N–H and O–H groups in total. The number of hydrogen-bond acceptors (Lipinski definition) is 2. The molecule has 0 aliphatic heterocycles. The van der Waals surface area contributed by atoms with Crippen molar-refractivity contribution in [3.05, 3.63) is 64.2 Å². The molecule has 2 aromatic rings. The summed E-state index contributed by atoms with van der Waals surface area (Å²) in [6.07, 6.45) is 0.504. The number of carbonyl (C=O) groups is 2. The van der Waals surface area contributed by atoms with Crippen molar-refractivity contribution in [2.45, 2.75) is 44.8 Å². The van der Waals surface area contributed by atoms with Crippen LogP contribution in [0.5, 0.6) is 0 Å². The van der Waals surface area contributed by atoms with Crippen LogP contribution in [-0.2, 0) is 17.5 Å². The van der Waals surface area contributed by atoms with Crippen molar-refractivity contribution in [1.29, 1.82) is 0 Å². The average molecular weight is 439 g/mol. The molecule has 0 bridgehead atoms. The van der Waals surface area contributed by atoms with Gasteiger partial charge in [0.05, 0.1) is 11.3 Å². The second-order valence-electron chi connectivity index (χ2n) is 7.39. The molecule has 0 radical (unpaired) electrons. The molecule has 2 aromatic carbocycles. The third-order valence-corrected chi connectivity index (χ3v) is 5.43. The fourth-order valence-corrected chi connectivity index (χ4v) is 3.70. The molecule has 30 heavy (non-hydrogen) atoms. The Morgan fingerprint density at radius 3 is 2.30 bits per heavy atom. The van der Waals surface area contributed by atoms with Crippen LogP contribution in [-0.4, -0.2) is 11.8 Å². The van der Waals surface area contributed by atoms with E-state index in [-0.39, 0.29) is 28.1 Å². The van der Waals surface area contributed by atoms with Crippen LogP contribution in [0.4, 0.5) is 18.9 Å². The first-order valence-electron chi connectivity index (χ1n) is 9.79. The van der Waals surface area contributed by atoms with E-state index in [9.17, 15) is 22.8 Å². The van der Waals surface area contributed by atoms with E-state index in [0.717, 1.165) is 43.4 Å². The summed E-state index contributed by atoms with van der Waals surface area (Å²) in [6.45, 7) is 0.340. The Morgan fingerprint density at radius 1 is 1.00 bits per heavy atom. The van der Waals surface area contributed by atoms with Gasteiger partial charge < -0.3 is 10.6 Å². The second-order valence-corrected chi connectivity index (χ2v) is 7.83. The van der Waals surface area contributed by atoms with Gasteiger partial charge in [0.25, 0.3) is 5.91 Å². The Bertz CT molecular complexity index is 908. The minimum Gasteiger partial charge on any atom is -0.352 e. The molecular weight excluding hydrogens is 417 g/mol. The molecule has 0 unspecified atom stereocenters. The fourth-order valence-electron chi connectivity index (χ4n) is 3.53. The first-order valence-corrected chi connectivity index (χ1v) is 10.2. The van der Waals surface area contributed by atoms with Gasteiger partial charge in [-0.05, 0) is 48.7 Å². The molecule has 0 aromatic heterocycles. The number of halogens is 4. The van der Waals surface area contributed by atoms with Crippen LogP contribution in [0.3, 0.4) is 0 Å². The number of carbonyl (C=O) groups excluding carboxylic acids is 2. The molecule has 8 heteroatoms. The molecule has 2 amide bonds. The van der Waals surface area contributed by atoms with Crippen LogP contribution in [0.15, 0.2) is 42.5 Å². The lowest BCUT2D eigenvalue weighted by Crippen LogP contribution is -2.31. The average Bonchev–Trinajstić information content (AvgIpc) is 2.73. The van der Waals surface area contributed by atoms with Crippen LogP contribution in [0.25, 0.3) is 0 Å². The molecular formula is C22H22ClF3N2O2. The van der Waals surface area contributed by atoms with Gasteiger partial charge in [-0.25, -0.2) is 0 Å². The maximum Gasteiger partial charge on any atom is 0.418 e. The van der Waals surface area contributed by atoms with E-state index in [1.54, 1.807) is 12.1 Å². The zero-order chi connectivity index (χ0) is 21.7. The Hall–Kier alpha value is -2.54. The first-order chi connectivity index (χ1) is 14.2. The van der Waals surface area contributed by atoms with Crippen molar-refractivity contribution in [2.75, 3.05) is 5.32 Å². The molecule has 3 rings (SSSR count). The van der Waals surface area contributed by atoms with Crippen LogP contribution in [0, 0.1) is 5.92 Å². The lowest BCUT2D eigenvalue weighted by Gasteiger charge is -2.20. The number of anilines is 1. The zero-order valence-corrected chi connectivity index (χ0v) is 16.9. The van der Waals surface area contributed by atoms with Gasteiger partial charge in [0.1, 0.15) is 0 Å². The highest BCUT2D eigenvalue weighted by atomic mass is 35.5. The Balaban J connectivity index is 1.61. The van der Waals surface area contributed by atoms with Crippen molar-refractivity contribution in [1.82, 2.24) is 5.32 Å². The summed E-state index contributed by atoms with van der Waals surface area (Å²) in [4.78, 5) is 24.6. The van der Waals surface area contributed by atoms with E-state index in [2.05, 4.69) is 10.6 Å². The molecule has 0 saturated heterocycles. The number of amides is 2. The van der Waals surface area contributed by atoms with E-state index in [1.165, 1.54) is 24.6 Å². The SMILES string of the molecule is O=C(Nc1ccc(Cl)cc1C(F)(F)F)c1ccc(CNC(=O)C2CCCCC2)cc1. The van der Waals surface area contributed by atoms with Crippen molar-refractivity contribution in [3.8, 4) is 0 Å². The van der Waals surface area contributed by atoms with E-state index in [4.69, 9.17) is 11.6 Å². The standard InChI is InChI=1S/C22H22ClF3N2O2/c23-17-10-11-19(18(12-17)22(24,25)26)28-21(30)16-8-6-14(7-9-16)13-27-20(29)15-4-2-1-3-5-15/h6-12,15H,1-5,13H2,(H,27,29)(H,28,30). The molecule has 0 atom stereocenters. The number of nitrogens with one attached hydrogen (secondary N) is 2. The number of hydrogen-bond donors (Lipinski definition) is 2. The minimum absolute atomic E-state index is 0.0407. The topological polar surface area (TPSA) is 58.2 Å². The van der Waals surface area contributed by atoms with Gasteiger partial charge in [-0.3, -0.25) is 9.59 Å². The second kappa shape index (κ2) is 9.51. The number of benzene rings is 2. The van der Waals surface area contributed by atoms with Crippen molar-refractivity contribution >= 4 is 29.1 Å². The van der Waals surface area contributed by atoms with Crippen molar-refractivity contribution in [2.24, 2.45) is 5.92 Å². The zero-order valence-electron chi connectivity index (χ0n) is 16.2. The quantitative estimate of drug-likeness (QED) is 0.619. The van der Waals surface area contributed by atoms with E-state index in [0.29, 0.717) is 6.54 Å². The normalized spacial score (nSPS) is 14.9. The number of rotatable bonds is 5. The van der Waals surface area contributed by atoms with E-state index in [1.807, 2.05) is 0 Å². The lowest BCUT2D eigenvalue weighted by atomic mass is 9.88. The summed E-state index contributed by atoms with van der Waals surface area (Å²) < 4.78 is 39.5. The monoisotopic (exact) mass is 438 g/mol. The Kier molecular flexibility index (Phi) is 7.02. The molecule has 160 valence electrons. The maximum atomic E-state index is 13.2. The highest BCUT2D eigenvalue weighted by Gasteiger charge is 2.34. The van der Waals surface area contributed by atoms with Gasteiger partial charge in [-0.1, -0.05) is 43.0 Å². The van der Waals surface area contributed by atoms with Crippen molar-refractivity contribution in [3.63, 3.8) is 0 Å². The van der Waals surface area contributed by atoms with Crippen LogP contribution >= 0.6 is 11.6 Å². The van der Waals surface area contributed by atoms with E-state index >= 15 is 0 Å². The summed E-state index contributed by atoms with van der Waals surface area (Å²) in [5.41, 5.74) is -0.357. The highest BCUT2D eigenvalue weighted by molar-refractivity contribution is 6.30. The van der Waals surface area contributed by atoms with E-state index < -0.39 is 17.6 Å². The smallest absolute Gasteiger partial charge is 0.352 e. The van der Waals surface area contributed by atoms with Crippen LogP contribution in [0.1, 0.15) is 53.6 Å². The summed E-state index contributed by atoms with van der Waals surface area (Å²) in [6, 6.07) is 9.55. The minimum atomic E-state index is -4.64. The van der Waals surface area contributed by atoms with Gasteiger partial charge in [-0.15, -0.1) is 0 Å². The molecule has 4 nitrogen and oxygen atoms in total. The lowest BCUT2D eigenvalue weighted by molar-refractivity contribution is -0.137. The third-order valence-electron chi connectivity index (χ3n) is 5.19. The third kappa shape index (κ3) is 5.75. The van der Waals surface area contributed by atoms with Crippen LogP contribution < -0.4 is 10.6 Å². The van der Waals surface area contributed by atoms with Gasteiger partial charge in [0.2, 0.25) is 5.91 Å². The number of alkyl halides is 3. The molecule has 1 aliphatic rings. The first kappa shape index (κ1) is 22.2. The van der Waals surface area contributed by atoms with Crippen molar-refractivity contribution < 1.29 is 22.8 Å². The molecule has 0 spiro atoms. The van der Waals surface area contributed by atoms with Gasteiger partial charge in [0.15, 0.2) is 0 Å². The van der Waals surface area contributed by atoms with Crippen LogP contribution in [0.2, 0.25) is 5.02 Å². The predicted octanol–water partition coefficient (Wildman–Crippen LogP) is 5.81. The molecule has 0 heterocycles. The largest absolute Gasteiger partial charge is 0.418 e. The Labute approximate surface area is 177 Å².